The predicted octanol–water partition coefficient (Wildman–Crippen LogP) is -1.07. The highest BCUT2D eigenvalue weighted by atomic mass is 16.3. The highest BCUT2D eigenvalue weighted by Gasteiger charge is 2.08. The Morgan fingerprint density at radius 1 is 1.38 bits per heavy atom. The van der Waals surface area contributed by atoms with Gasteiger partial charge in [0.2, 0.25) is 0 Å². The average Bonchev–Trinajstić information content (AvgIpc) is 1.84. The van der Waals surface area contributed by atoms with Crippen molar-refractivity contribution in [3.63, 3.8) is 0 Å². The molecule has 2 atom stereocenters. The third-order valence-corrected chi connectivity index (χ3v) is 1.23. The molecule has 0 heterocycles. The van der Waals surface area contributed by atoms with Gasteiger partial charge in [-0.2, -0.15) is 0 Å². The molecule has 50 valence electrons. The molecule has 0 radical (unpaired) electrons. The Bertz CT molecular complexity index is 50.4. The fourth-order valence-electron chi connectivity index (χ4n) is 0.315. The summed E-state index contributed by atoms with van der Waals surface area (Å²) in [5.41, 5.74) is 5.32. The number of aliphatic hydroxyl groups is 2. The summed E-state index contributed by atoms with van der Waals surface area (Å²) >= 11 is 0. The topological polar surface area (TPSA) is 66.5 Å². The van der Waals surface area contributed by atoms with Crippen LogP contribution in [-0.2, 0) is 0 Å². The second kappa shape index (κ2) is 3.83. The lowest BCUT2D eigenvalue weighted by molar-refractivity contribution is 0.171. The lowest BCUT2D eigenvalue weighted by Gasteiger charge is -2.13. The van der Waals surface area contributed by atoms with Crippen molar-refractivity contribution in [2.24, 2.45) is 11.7 Å². The van der Waals surface area contributed by atoms with E-state index in [1.807, 2.05) is 0 Å². The number of nitrogens with two attached hydrogens (primary N) is 1. The summed E-state index contributed by atoms with van der Waals surface area (Å²) in [6.07, 6.45) is 0. The summed E-state index contributed by atoms with van der Waals surface area (Å²) in [4.78, 5) is 0. The summed E-state index contributed by atoms with van der Waals surface area (Å²) in [6, 6.07) is -0.278. The van der Waals surface area contributed by atoms with E-state index in [0.717, 1.165) is 0 Å². The molecule has 0 aromatic heterocycles. The zero-order chi connectivity index (χ0) is 6.57. The monoisotopic (exact) mass is 119 g/mol. The van der Waals surface area contributed by atoms with Gasteiger partial charge in [0.25, 0.3) is 0 Å². The van der Waals surface area contributed by atoms with Crippen molar-refractivity contribution in [2.75, 3.05) is 13.2 Å². The molecule has 3 heteroatoms. The second-order valence-corrected chi connectivity index (χ2v) is 2.01. The van der Waals surface area contributed by atoms with Crippen molar-refractivity contribution in [1.82, 2.24) is 0 Å². The van der Waals surface area contributed by atoms with Crippen LogP contribution in [0.1, 0.15) is 6.92 Å². The van der Waals surface area contributed by atoms with Crippen LogP contribution in [0, 0.1) is 5.92 Å². The maximum atomic E-state index is 8.45. The molecule has 0 aliphatic rings. The Balaban J connectivity index is 3.29. The van der Waals surface area contributed by atoms with Gasteiger partial charge in [-0.3, -0.25) is 0 Å². The van der Waals surface area contributed by atoms with Crippen LogP contribution in [0.4, 0.5) is 0 Å². The number of rotatable bonds is 3. The molecule has 0 amide bonds. The van der Waals surface area contributed by atoms with E-state index in [1.54, 1.807) is 6.92 Å². The van der Waals surface area contributed by atoms with Crippen LogP contribution in [0.25, 0.3) is 0 Å². The Hall–Kier alpha value is -0.120. The predicted molar refractivity (Wildman–Crippen MR) is 31.3 cm³/mol. The van der Waals surface area contributed by atoms with Gasteiger partial charge in [-0.15, -0.1) is 0 Å². The van der Waals surface area contributed by atoms with Gasteiger partial charge in [-0.25, -0.2) is 0 Å². The molecule has 0 aliphatic heterocycles. The molecular formula is C5H13NO2. The molecule has 0 aromatic rings. The Kier molecular flexibility index (Phi) is 3.77. The van der Waals surface area contributed by atoms with Crippen LogP contribution in [0.5, 0.6) is 0 Å². The van der Waals surface area contributed by atoms with Crippen LogP contribution in [0.2, 0.25) is 0 Å². The minimum atomic E-state index is -0.278. The van der Waals surface area contributed by atoms with E-state index in [9.17, 15) is 0 Å². The first-order chi connectivity index (χ1) is 3.72. The van der Waals surface area contributed by atoms with Crippen molar-refractivity contribution in [3.05, 3.63) is 0 Å². The first kappa shape index (κ1) is 7.88. The standard InChI is InChI=1S/C5H13NO2/c1-4(2-7)5(6)3-8/h4-5,7-8H,2-3,6H2,1H3/t4?,5-/m0/s1. The van der Waals surface area contributed by atoms with Gasteiger partial charge in [-0.1, -0.05) is 6.92 Å². The minimum Gasteiger partial charge on any atom is -0.396 e. The van der Waals surface area contributed by atoms with Crippen LogP contribution < -0.4 is 5.73 Å². The van der Waals surface area contributed by atoms with Crippen molar-refractivity contribution in [3.8, 4) is 0 Å². The van der Waals surface area contributed by atoms with E-state index < -0.39 is 0 Å². The largest absolute Gasteiger partial charge is 0.396 e. The SMILES string of the molecule is CC(CO)[C@@H](N)CO. The molecule has 0 aliphatic carbocycles. The Morgan fingerprint density at radius 2 is 1.88 bits per heavy atom. The maximum absolute atomic E-state index is 8.45. The van der Waals surface area contributed by atoms with E-state index in [2.05, 4.69) is 0 Å². The molecule has 0 saturated carbocycles. The number of hydrogen-bond acceptors (Lipinski definition) is 3. The van der Waals surface area contributed by atoms with Gasteiger partial charge in [0.05, 0.1) is 6.61 Å². The fourth-order valence-corrected chi connectivity index (χ4v) is 0.315. The zero-order valence-corrected chi connectivity index (χ0v) is 5.04. The quantitative estimate of drug-likeness (QED) is 0.443. The smallest absolute Gasteiger partial charge is 0.0586 e. The van der Waals surface area contributed by atoms with Gasteiger partial charge in [0.1, 0.15) is 0 Å². The first-order valence-electron chi connectivity index (χ1n) is 2.69. The summed E-state index contributed by atoms with van der Waals surface area (Å²) in [5.74, 6) is -0.000000000000000444. The molecule has 0 rings (SSSR count). The molecule has 0 spiro atoms. The maximum Gasteiger partial charge on any atom is 0.0586 e. The zero-order valence-electron chi connectivity index (χ0n) is 5.04. The van der Waals surface area contributed by atoms with Crippen molar-refractivity contribution < 1.29 is 10.2 Å². The number of aliphatic hydroxyl groups excluding tert-OH is 2. The van der Waals surface area contributed by atoms with Gasteiger partial charge < -0.3 is 15.9 Å². The van der Waals surface area contributed by atoms with Crippen LogP contribution in [-0.4, -0.2) is 29.5 Å². The third-order valence-electron chi connectivity index (χ3n) is 1.23. The average molecular weight is 119 g/mol. The highest BCUT2D eigenvalue weighted by molar-refractivity contribution is 4.65. The van der Waals surface area contributed by atoms with Crippen LogP contribution in [0.3, 0.4) is 0 Å². The molecule has 1 unspecified atom stereocenters. The van der Waals surface area contributed by atoms with Gasteiger partial charge in [0, 0.05) is 12.6 Å². The van der Waals surface area contributed by atoms with Crippen molar-refractivity contribution in [1.29, 1.82) is 0 Å². The summed E-state index contributed by atoms with van der Waals surface area (Å²) in [7, 11) is 0. The second-order valence-electron chi connectivity index (χ2n) is 2.01. The fraction of sp³-hybridized carbons (Fsp3) is 1.00. The summed E-state index contributed by atoms with van der Waals surface area (Å²) in [6.45, 7) is 1.78. The molecule has 8 heavy (non-hydrogen) atoms. The minimum absolute atomic E-state index is 0.000000000000000444. The van der Waals surface area contributed by atoms with E-state index >= 15 is 0 Å². The third kappa shape index (κ3) is 2.26. The van der Waals surface area contributed by atoms with E-state index in [4.69, 9.17) is 15.9 Å². The van der Waals surface area contributed by atoms with Crippen LogP contribution >= 0.6 is 0 Å². The Morgan fingerprint density at radius 3 is 2.00 bits per heavy atom. The lowest BCUT2D eigenvalue weighted by Crippen LogP contribution is -2.33. The lowest BCUT2D eigenvalue weighted by atomic mass is 10.1. The number of hydrogen-bond donors (Lipinski definition) is 3. The molecule has 0 bridgehead atoms. The van der Waals surface area contributed by atoms with Crippen molar-refractivity contribution in [2.45, 2.75) is 13.0 Å². The highest BCUT2D eigenvalue weighted by Crippen LogP contribution is 1.95. The molecule has 0 fully saturated rings. The van der Waals surface area contributed by atoms with E-state index in [1.165, 1.54) is 0 Å². The molecule has 3 nitrogen and oxygen atoms in total. The van der Waals surface area contributed by atoms with Crippen molar-refractivity contribution >= 4 is 0 Å². The van der Waals surface area contributed by atoms with Gasteiger partial charge in [-0.05, 0) is 5.92 Å². The molecular weight excluding hydrogens is 106 g/mol. The van der Waals surface area contributed by atoms with Gasteiger partial charge >= 0.3 is 0 Å². The van der Waals surface area contributed by atoms with Crippen LogP contribution in [0.15, 0.2) is 0 Å². The molecule has 0 aromatic carbocycles. The molecule has 0 saturated heterocycles. The molecule has 4 N–H and O–H groups in total. The van der Waals surface area contributed by atoms with Gasteiger partial charge in [0.15, 0.2) is 0 Å². The van der Waals surface area contributed by atoms with E-state index in [0.29, 0.717) is 0 Å². The van der Waals surface area contributed by atoms with E-state index in [-0.39, 0.29) is 25.2 Å². The Labute approximate surface area is 49.1 Å². The first-order valence-corrected chi connectivity index (χ1v) is 2.69. The summed E-state index contributed by atoms with van der Waals surface area (Å²) in [5, 5.41) is 16.8. The summed E-state index contributed by atoms with van der Waals surface area (Å²) < 4.78 is 0. The normalized spacial score (nSPS) is 18.0.